The number of nitrogens with one attached hydrogen (secondary N) is 1. The number of methoxy groups -OCH3 is 2. The highest BCUT2D eigenvalue weighted by atomic mass is 16.5. The summed E-state index contributed by atoms with van der Waals surface area (Å²) in [6, 6.07) is 24.0. The fraction of sp³-hybridized carbons (Fsp3) is 0.286. The molecule has 2 heterocycles. The number of ether oxygens (including phenoxy) is 2. The molecular weight excluding hydrogens is 454 g/mol. The monoisotopic (exact) mass is 485 g/mol. The summed E-state index contributed by atoms with van der Waals surface area (Å²) in [6.45, 7) is 4.40. The molecule has 8 heteroatoms. The van der Waals surface area contributed by atoms with Gasteiger partial charge in [0.2, 0.25) is 0 Å². The lowest BCUT2D eigenvalue weighted by molar-refractivity contribution is 0.140. The standard InChI is InChI=1S/C28H31N5O3/c1-35-25-13-12-22(18-26(25)36-2)29-28(34)32-16-14-31(15-17-32)20-27-30-23-10-6-7-11-24(23)33(27)19-21-8-4-3-5-9-21/h3-13,18H,14-17,19-20H2,1-2H3,(H,29,34). The molecule has 4 aromatic rings. The van der Waals surface area contributed by atoms with Gasteiger partial charge in [-0.15, -0.1) is 0 Å². The van der Waals surface area contributed by atoms with Crippen LogP contribution in [0.25, 0.3) is 11.0 Å². The van der Waals surface area contributed by atoms with Crippen LogP contribution in [-0.4, -0.2) is 65.8 Å². The number of amides is 2. The molecule has 0 saturated carbocycles. The van der Waals surface area contributed by atoms with Crippen LogP contribution in [0.2, 0.25) is 0 Å². The Morgan fingerprint density at radius 1 is 0.861 bits per heavy atom. The number of carbonyl (C=O) groups excluding carboxylic acids is 1. The summed E-state index contributed by atoms with van der Waals surface area (Å²) in [5.74, 6) is 2.25. The van der Waals surface area contributed by atoms with Crippen LogP contribution in [0.5, 0.6) is 11.5 Å². The summed E-state index contributed by atoms with van der Waals surface area (Å²) in [7, 11) is 3.17. The maximum Gasteiger partial charge on any atom is 0.321 e. The van der Waals surface area contributed by atoms with Crippen molar-refractivity contribution in [2.75, 3.05) is 45.7 Å². The fourth-order valence-corrected chi connectivity index (χ4v) is 4.61. The smallest absolute Gasteiger partial charge is 0.321 e. The van der Waals surface area contributed by atoms with Crippen LogP contribution in [0.1, 0.15) is 11.4 Å². The number of hydrogen-bond donors (Lipinski definition) is 1. The van der Waals surface area contributed by atoms with Crippen LogP contribution in [0, 0.1) is 0 Å². The largest absolute Gasteiger partial charge is 0.493 e. The maximum atomic E-state index is 12.9. The molecule has 0 aliphatic carbocycles. The zero-order valence-corrected chi connectivity index (χ0v) is 20.7. The normalized spacial score (nSPS) is 14.1. The number of piperazine rings is 1. The summed E-state index contributed by atoms with van der Waals surface area (Å²) in [6.07, 6.45) is 0. The van der Waals surface area contributed by atoms with E-state index in [0.29, 0.717) is 30.3 Å². The number of urea groups is 1. The second-order valence-corrected chi connectivity index (χ2v) is 8.85. The van der Waals surface area contributed by atoms with Gasteiger partial charge in [-0.25, -0.2) is 9.78 Å². The van der Waals surface area contributed by atoms with E-state index in [2.05, 4.69) is 57.2 Å². The second kappa shape index (κ2) is 10.7. The van der Waals surface area contributed by atoms with Crippen LogP contribution < -0.4 is 14.8 Å². The molecule has 1 aliphatic heterocycles. The Morgan fingerprint density at radius 3 is 2.33 bits per heavy atom. The third-order valence-electron chi connectivity index (χ3n) is 6.58. The van der Waals surface area contributed by atoms with Crippen LogP contribution in [0.4, 0.5) is 10.5 Å². The molecule has 0 bridgehead atoms. The van der Waals surface area contributed by atoms with Crippen molar-refractivity contribution in [2.24, 2.45) is 0 Å². The molecule has 1 aromatic heterocycles. The van der Waals surface area contributed by atoms with Crippen molar-refractivity contribution in [1.82, 2.24) is 19.4 Å². The number of imidazole rings is 1. The molecule has 2 amide bonds. The van der Waals surface area contributed by atoms with Crippen molar-refractivity contribution < 1.29 is 14.3 Å². The first kappa shape index (κ1) is 23.7. The van der Waals surface area contributed by atoms with E-state index in [9.17, 15) is 4.79 Å². The molecule has 186 valence electrons. The molecule has 0 atom stereocenters. The zero-order chi connectivity index (χ0) is 24.9. The number of anilines is 1. The van der Waals surface area contributed by atoms with E-state index in [1.807, 2.05) is 23.1 Å². The van der Waals surface area contributed by atoms with E-state index in [1.54, 1.807) is 26.4 Å². The van der Waals surface area contributed by atoms with E-state index < -0.39 is 0 Å². The number of para-hydroxylation sites is 2. The van der Waals surface area contributed by atoms with Crippen LogP contribution >= 0.6 is 0 Å². The number of nitrogens with zero attached hydrogens (tertiary/aromatic N) is 4. The zero-order valence-electron chi connectivity index (χ0n) is 20.7. The van der Waals surface area contributed by atoms with Gasteiger partial charge >= 0.3 is 6.03 Å². The molecule has 1 fully saturated rings. The maximum absolute atomic E-state index is 12.9. The Bertz CT molecular complexity index is 1330. The van der Waals surface area contributed by atoms with Crippen molar-refractivity contribution in [3.05, 3.63) is 84.2 Å². The van der Waals surface area contributed by atoms with Gasteiger partial charge in [0.25, 0.3) is 0 Å². The third kappa shape index (κ3) is 5.13. The molecule has 5 rings (SSSR count). The molecule has 1 N–H and O–H groups in total. The Kier molecular flexibility index (Phi) is 7.04. The molecule has 36 heavy (non-hydrogen) atoms. The molecular formula is C28H31N5O3. The quantitative estimate of drug-likeness (QED) is 0.419. The first-order chi connectivity index (χ1) is 17.6. The molecule has 0 unspecified atom stereocenters. The lowest BCUT2D eigenvalue weighted by Crippen LogP contribution is -2.49. The predicted molar refractivity (Wildman–Crippen MR) is 141 cm³/mol. The van der Waals surface area contributed by atoms with Gasteiger partial charge in [0.1, 0.15) is 5.82 Å². The highest BCUT2D eigenvalue weighted by molar-refractivity contribution is 5.89. The topological polar surface area (TPSA) is 71.9 Å². The summed E-state index contributed by atoms with van der Waals surface area (Å²) in [5, 5.41) is 2.97. The average molecular weight is 486 g/mol. The third-order valence-corrected chi connectivity index (χ3v) is 6.58. The minimum atomic E-state index is -0.113. The lowest BCUT2D eigenvalue weighted by Gasteiger charge is -2.34. The SMILES string of the molecule is COc1ccc(NC(=O)N2CCN(Cc3nc4ccccc4n3Cc3ccccc3)CC2)cc1OC. The molecule has 3 aromatic carbocycles. The number of aromatic nitrogens is 2. The Labute approximate surface area is 211 Å². The molecule has 8 nitrogen and oxygen atoms in total. The van der Waals surface area contributed by atoms with Gasteiger partial charge in [0.15, 0.2) is 11.5 Å². The number of fused-ring (bicyclic) bond motifs is 1. The lowest BCUT2D eigenvalue weighted by atomic mass is 10.2. The van der Waals surface area contributed by atoms with Gasteiger partial charge in [-0.1, -0.05) is 42.5 Å². The highest BCUT2D eigenvalue weighted by Gasteiger charge is 2.23. The first-order valence-corrected chi connectivity index (χ1v) is 12.1. The number of carbonyl (C=O) groups is 1. The predicted octanol–water partition coefficient (Wildman–Crippen LogP) is 4.45. The number of hydrogen-bond acceptors (Lipinski definition) is 5. The molecule has 0 spiro atoms. The van der Waals surface area contributed by atoms with E-state index >= 15 is 0 Å². The first-order valence-electron chi connectivity index (χ1n) is 12.1. The van der Waals surface area contributed by atoms with Crippen molar-refractivity contribution in [2.45, 2.75) is 13.1 Å². The van der Waals surface area contributed by atoms with E-state index in [1.165, 1.54) is 5.56 Å². The van der Waals surface area contributed by atoms with E-state index in [0.717, 1.165) is 43.0 Å². The summed E-state index contributed by atoms with van der Waals surface area (Å²) >= 11 is 0. The van der Waals surface area contributed by atoms with Crippen LogP contribution in [-0.2, 0) is 13.1 Å². The van der Waals surface area contributed by atoms with Gasteiger partial charge in [-0.3, -0.25) is 4.90 Å². The summed E-state index contributed by atoms with van der Waals surface area (Å²) < 4.78 is 12.9. The van der Waals surface area contributed by atoms with Gasteiger partial charge < -0.3 is 24.3 Å². The average Bonchev–Trinajstić information content (AvgIpc) is 3.26. The van der Waals surface area contributed by atoms with Crippen LogP contribution in [0.15, 0.2) is 72.8 Å². The Hall–Kier alpha value is -4.04. The minimum Gasteiger partial charge on any atom is -0.493 e. The minimum absolute atomic E-state index is 0.113. The van der Waals surface area contributed by atoms with Crippen LogP contribution in [0.3, 0.4) is 0 Å². The Morgan fingerprint density at radius 2 is 1.58 bits per heavy atom. The van der Waals surface area contributed by atoms with Crippen molar-refractivity contribution >= 4 is 22.8 Å². The van der Waals surface area contributed by atoms with Gasteiger partial charge in [-0.05, 0) is 29.8 Å². The van der Waals surface area contributed by atoms with Crippen molar-refractivity contribution in [3.8, 4) is 11.5 Å². The second-order valence-electron chi connectivity index (χ2n) is 8.85. The molecule has 1 aliphatic rings. The number of benzene rings is 3. The van der Waals surface area contributed by atoms with Gasteiger partial charge in [-0.2, -0.15) is 0 Å². The molecule has 1 saturated heterocycles. The van der Waals surface area contributed by atoms with Crippen molar-refractivity contribution in [3.63, 3.8) is 0 Å². The summed E-state index contributed by atoms with van der Waals surface area (Å²) in [5.41, 5.74) is 4.08. The number of rotatable bonds is 7. The van der Waals surface area contributed by atoms with E-state index in [-0.39, 0.29) is 6.03 Å². The van der Waals surface area contributed by atoms with Gasteiger partial charge in [0, 0.05) is 44.5 Å². The summed E-state index contributed by atoms with van der Waals surface area (Å²) in [4.78, 5) is 22.0. The fourth-order valence-electron chi connectivity index (χ4n) is 4.61. The highest BCUT2D eigenvalue weighted by Crippen LogP contribution is 2.30. The van der Waals surface area contributed by atoms with E-state index in [4.69, 9.17) is 14.5 Å². The Balaban J connectivity index is 1.23. The van der Waals surface area contributed by atoms with Crippen molar-refractivity contribution in [1.29, 1.82) is 0 Å². The molecule has 0 radical (unpaired) electrons. The van der Waals surface area contributed by atoms with Gasteiger partial charge in [0.05, 0.1) is 31.8 Å².